The van der Waals surface area contributed by atoms with Crippen LogP contribution < -0.4 is 14.8 Å². The van der Waals surface area contributed by atoms with Gasteiger partial charge in [0.1, 0.15) is 11.5 Å². The minimum Gasteiger partial charge on any atom is -0.484 e. The highest BCUT2D eigenvalue weighted by molar-refractivity contribution is 5.77. The molecule has 1 saturated heterocycles. The van der Waals surface area contributed by atoms with E-state index in [0.717, 1.165) is 19.4 Å². The summed E-state index contributed by atoms with van der Waals surface area (Å²) in [7, 11) is 0. The average Bonchev–Trinajstić information content (AvgIpc) is 3.14. The molecule has 2 heterocycles. The molecule has 1 aliphatic rings. The number of ether oxygens (including phenoxy) is 3. The molecule has 1 aliphatic heterocycles. The summed E-state index contributed by atoms with van der Waals surface area (Å²) in [6.45, 7) is 1.30. The summed E-state index contributed by atoms with van der Waals surface area (Å²) in [5.41, 5.74) is 0. The van der Waals surface area contributed by atoms with Gasteiger partial charge in [0, 0.05) is 25.4 Å². The minimum absolute atomic E-state index is 0.0207. The van der Waals surface area contributed by atoms with Gasteiger partial charge in [-0.05, 0) is 43.2 Å². The molecule has 1 atom stereocenters. The van der Waals surface area contributed by atoms with E-state index >= 15 is 0 Å². The third-order valence-corrected chi connectivity index (χ3v) is 3.60. The Balaban J connectivity index is 1.41. The molecule has 6 nitrogen and oxygen atoms in total. The molecule has 0 radical (unpaired) electrons. The van der Waals surface area contributed by atoms with E-state index in [2.05, 4.69) is 10.3 Å². The van der Waals surface area contributed by atoms with Crippen molar-refractivity contribution >= 4 is 5.91 Å². The fraction of sp³-hybridized carbons (Fsp3) is 0.333. The first kappa shape index (κ1) is 16.3. The standard InChI is InChI=1S/C18H20N2O4/c21-17(20-12-16-4-3-11-22-16)13-23-14-6-8-15(9-7-14)24-18-5-1-2-10-19-18/h1-2,5-10,16H,3-4,11-13H2,(H,20,21)/t16-/m1/s1. The van der Waals surface area contributed by atoms with Gasteiger partial charge in [-0.25, -0.2) is 4.98 Å². The van der Waals surface area contributed by atoms with E-state index in [4.69, 9.17) is 14.2 Å². The van der Waals surface area contributed by atoms with Crippen molar-refractivity contribution in [3.8, 4) is 17.4 Å². The number of nitrogens with one attached hydrogen (secondary N) is 1. The number of hydrogen-bond donors (Lipinski definition) is 1. The van der Waals surface area contributed by atoms with Crippen LogP contribution in [0.5, 0.6) is 17.4 Å². The van der Waals surface area contributed by atoms with E-state index in [0.29, 0.717) is 23.9 Å². The van der Waals surface area contributed by atoms with Crippen LogP contribution in [0, 0.1) is 0 Å². The minimum atomic E-state index is -0.153. The van der Waals surface area contributed by atoms with E-state index in [1.807, 2.05) is 12.1 Å². The maximum atomic E-state index is 11.8. The van der Waals surface area contributed by atoms with Crippen molar-refractivity contribution in [2.45, 2.75) is 18.9 Å². The van der Waals surface area contributed by atoms with Gasteiger partial charge in [-0.3, -0.25) is 4.79 Å². The van der Waals surface area contributed by atoms with E-state index in [1.54, 1.807) is 36.5 Å². The van der Waals surface area contributed by atoms with Crippen molar-refractivity contribution in [3.05, 3.63) is 48.7 Å². The first-order chi connectivity index (χ1) is 11.8. The lowest BCUT2D eigenvalue weighted by molar-refractivity contribution is -0.123. The monoisotopic (exact) mass is 328 g/mol. The highest BCUT2D eigenvalue weighted by Gasteiger charge is 2.16. The zero-order chi connectivity index (χ0) is 16.6. The van der Waals surface area contributed by atoms with E-state index in [1.165, 1.54) is 0 Å². The number of benzene rings is 1. The van der Waals surface area contributed by atoms with Crippen LogP contribution in [0.25, 0.3) is 0 Å². The Kier molecular flexibility index (Phi) is 5.63. The van der Waals surface area contributed by atoms with Gasteiger partial charge in [0.15, 0.2) is 6.61 Å². The fourth-order valence-corrected chi connectivity index (χ4v) is 2.37. The van der Waals surface area contributed by atoms with Gasteiger partial charge in [0.05, 0.1) is 6.10 Å². The summed E-state index contributed by atoms with van der Waals surface area (Å²) in [4.78, 5) is 15.8. The maximum absolute atomic E-state index is 11.8. The highest BCUT2D eigenvalue weighted by Crippen LogP contribution is 2.22. The molecular formula is C18H20N2O4. The molecule has 0 unspecified atom stereocenters. The number of hydrogen-bond acceptors (Lipinski definition) is 5. The van der Waals surface area contributed by atoms with E-state index in [-0.39, 0.29) is 18.6 Å². The van der Waals surface area contributed by atoms with Gasteiger partial charge < -0.3 is 19.5 Å². The topological polar surface area (TPSA) is 69.7 Å². The van der Waals surface area contributed by atoms with E-state index in [9.17, 15) is 4.79 Å². The predicted octanol–water partition coefficient (Wildman–Crippen LogP) is 2.55. The Morgan fingerprint density at radius 1 is 1.21 bits per heavy atom. The molecule has 1 N–H and O–H groups in total. The molecular weight excluding hydrogens is 308 g/mol. The summed E-state index contributed by atoms with van der Waals surface area (Å²) in [5, 5.41) is 2.82. The van der Waals surface area contributed by atoms with Crippen LogP contribution in [-0.4, -0.2) is 36.8 Å². The van der Waals surface area contributed by atoms with Crippen molar-refractivity contribution in [3.63, 3.8) is 0 Å². The molecule has 6 heteroatoms. The van der Waals surface area contributed by atoms with Crippen LogP contribution >= 0.6 is 0 Å². The first-order valence-corrected chi connectivity index (χ1v) is 8.00. The van der Waals surface area contributed by atoms with Crippen molar-refractivity contribution in [2.75, 3.05) is 19.8 Å². The molecule has 0 spiro atoms. The largest absolute Gasteiger partial charge is 0.484 e. The number of carbonyl (C=O) groups excluding carboxylic acids is 1. The summed E-state index contributed by atoms with van der Waals surface area (Å²) in [6, 6.07) is 12.5. The molecule has 0 bridgehead atoms. The van der Waals surface area contributed by atoms with Gasteiger partial charge in [0.2, 0.25) is 5.88 Å². The third kappa shape index (κ3) is 4.96. The number of rotatable bonds is 7. The number of pyridine rings is 1. The lowest BCUT2D eigenvalue weighted by atomic mass is 10.2. The maximum Gasteiger partial charge on any atom is 0.258 e. The molecule has 3 rings (SSSR count). The molecule has 1 aromatic heterocycles. The van der Waals surface area contributed by atoms with Crippen molar-refractivity contribution in [2.24, 2.45) is 0 Å². The van der Waals surface area contributed by atoms with Crippen molar-refractivity contribution < 1.29 is 19.0 Å². The van der Waals surface area contributed by atoms with Gasteiger partial charge in [-0.2, -0.15) is 0 Å². The molecule has 1 aromatic carbocycles. The smallest absolute Gasteiger partial charge is 0.258 e. The number of aromatic nitrogens is 1. The second-order valence-electron chi connectivity index (χ2n) is 5.47. The molecule has 24 heavy (non-hydrogen) atoms. The van der Waals surface area contributed by atoms with Crippen LogP contribution in [0.4, 0.5) is 0 Å². The lowest BCUT2D eigenvalue weighted by Crippen LogP contribution is -2.35. The van der Waals surface area contributed by atoms with Crippen LogP contribution in [0.15, 0.2) is 48.7 Å². The quantitative estimate of drug-likeness (QED) is 0.846. The molecule has 0 saturated carbocycles. The van der Waals surface area contributed by atoms with Gasteiger partial charge in [-0.15, -0.1) is 0 Å². The zero-order valence-electron chi connectivity index (χ0n) is 13.3. The highest BCUT2D eigenvalue weighted by atomic mass is 16.5. The number of carbonyl (C=O) groups is 1. The van der Waals surface area contributed by atoms with Crippen molar-refractivity contribution in [1.29, 1.82) is 0 Å². The summed E-state index contributed by atoms with van der Waals surface area (Å²) in [6.07, 6.45) is 3.86. The van der Waals surface area contributed by atoms with Gasteiger partial charge in [0.25, 0.3) is 5.91 Å². The summed E-state index contributed by atoms with van der Waals surface area (Å²) < 4.78 is 16.5. The second-order valence-corrected chi connectivity index (χ2v) is 5.47. The Bertz CT molecular complexity index is 640. The Morgan fingerprint density at radius 3 is 2.75 bits per heavy atom. The number of nitrogens with zero attached hydrogens (tertiary/aromatic N) is 1. The SMILES string of the molecule is O=C(COc1ccc(Oc2ccccn2)cc1)NC[C@H]1CCCO1. The predicted molar refractivity (Wildman–Crippen MR) is 88.2 cm³/mol. The average molecular weight is 328 g/mol. The second kappa shape index (κ2) is 8.31. The molecule has 2 aromatic rings. The molecule has 126 valence electrons. The summed E-state index contributed by atoms with van der Waals surface area (Å²) in [5.74, 6) is 1.64. The van der Waals surface area contributed by atoms with Gasteiger partial charge in [-0.1, -0.05) is 6.07 Å². The Morgan fingerprint density at radius 2 is 2.04 bits per heavy atom. The van der Waals surface area contributed by atoms with Gasteiger partial charge >= 0.3 is 0 Å². The first-order valence-electron chi connectivity index (χ1n) is 8.00. The molecule has 0 aliphatic carbocycles. The Hall–Kier alpha value is -2.60. The molecule has 1 fully saturated rings. The number of amides is 1. The summed E-state index contributed by atoms with van der Waals surface area (Å²) >= 11 is 0. The zero-order valence-corrected chi connectivity index (χ0v) is 13.3. The third-order valence-electron chi connectivity index (χ3n) is 3.60. The van der Waals surface area contributed by atoms with Crippen LogP contribution in [-0.2, 0) is 9.53 Å². The fourth-order valence-electron chi connectivity index (χ4n) is 2.37. The van der Waals surface area contributed by atoms with Crippen LogP contribution in [0.3, 0.4) is 0 Å². The van der Waals surface area contributed by atoms with Crippen molar-refractivity contribution in [1.82, 2.24) is 10.3 Å². The molecule has 1 amide bonds. The van der Waals surface area contributed by atoms with Crippen LogP contribution in [0.2, 0.25) is 0 Å². The van der Waals surface area contributed by atoms with Crippen LogP contribution in [0.1, 0.15) is 12.8 Å². The Labute approximate surface area is 140 Å². The lowest BCUT2D eigenvalue weighted by Gasteiger charge is -2.11. The van der Waals surface area contributed by atoms with E-state index < -0.39 is 0 Å². The normalized spacial score (nSPS) is 16.6.